The van der Waals surface area contributed by atoms with Crippen molar-refractivity contribution in [1.29, 1.82) is 0 Å². The lowest BCUT2D eigenvalue weighted by Crippen LogP contribution is -2.44. The van der Waals surface area contributed by atoms with E-state index in [9.17, 15) is 39.9 Å². The van der Waals surface area contributed by atoms with Crippen LogP contribution < -0.4 is 9.44 Å². The lowest BCUT2D eigenvalue weighted by atomic mass is 10.1. The smallest absolute Gasteiger partial charge is 0.452 e. The third-order valence-electron chi connectivity index (χ3n) is 6.74. The van der Waals surface area contributed by atoms with Crippen molar-refractivity contribution in [3.63, 3.8) is 0 Å². The zero-order valence-electron chi connectivity index (χ0n) is 20.5. The summed E-state index contributed by atoms with van der Waals surface area (Å²) < 4.78 is 100. The topological polar surface area (TPSA) is 159 Å². The van der Waals surface area contributed by atoms with Crippen molar-refractivity contribution in [2.75, 3.05) is 17.8 Å². The normalized spacial score (nSPS) is 22.2. The van der Waals surface area contributed by atoms with Gasteiger partial charge < -0.3 is 9.63 Å². The number of alkyl halides is 3. The van der Waals surface area contributed by atoms with E-state index >= 15 is 0 Å². The molecule has 3 N–H and O–H groups in total. The Balaban J connectivity index is 1.34. The van der Waals surface area contributed by atoms with Crippen molar-refractivity contribution in [3.05, 3.63) is 53.8 Å². The van der Waals surface area contributed by atoms with E-state index in [2.05, 4.69) is 19.1 Å². The molecule has 1 aliphatic carbocycles. The van der Waals surface area contributed by atoms with Gasteiger partial charge in [-0.15, -0.1) is 11.3 Å². The number of anilines is 1. The van der Waals surface area contributed by atoms with Crippen molar-refractivity contribution in [3.8, 4) is 10.6 Å². The first-order chi connectivity index (χ1) is 18.7. The molecule has 2 unspecified atom stereocenters. The fourth-order valence-corrected chi connectivity index (χ4v) is 8.57. The standard InChI is InChI=1S/C23H23F3N4O7S3/c24-23(25,26)19-12-17(27-37-19)18-7-8-20(38-18)39(33,34)29-22(21(31)32)13-16(22)14-5-4-6-15(11-14)28-40(35,36)30-9-2-1-3-10-30/h4-8,11-12,16,28-29H,1-3,9-10,13H2,(H,31,32). The molecule has 0 radical (unpaired) electrons. The summed E-state index contributed by atoms with van der Waals surface area (Å²) >= 11 is 0.602. The third kappa shape index (κ3) is 5.60. The highest BCUT2D eigenvalue weighted by atomic mass is 32.2. The number of aromatic nitrogens is 1. The van der Waals surface area contributed by atoms with Gasteiger partial charge in [-0.05, 0) is 49.1 Å². The average molecular weight is 621 g/mol. The van der Waals surface area contributed by atoms with E-state index < -0.39 is 49.6 Å². The molecule has 11 nitrogen and oxygen atoms in total. The van der Waals surface area contributed by atoms with Crippen LogP contribution in [-0.4, -0.2) is 56.0 Å². The number of hydrogen-bond acceptors (Lipinski definition) is 8. The second-order valence-electron chi connectivity index (χ2n) is 9.52. The van der Waals surface area contributed by atoms with Gasteiger partial charge in [0.15, 0.2) is 0 Å². The SMILES string of the molecule is O=C(O)C1(NS(=O)(=O)c2ccc(-c3cc(C(F)(F)F)on3)s2)CC1c1cccc(NS(=O)(=O)N2CCCCC2)c1. The summed E-state index contributed by atoms with van der Waals surface area (Å²) in [6, 6.07) is 9.12. The van der Waals surface area contributed by atoms with Gasteiger partial charge in [0.2, 0.25) is 5.76 Å². The fourth-order valence-electron chi connectivity index (χ4n) is 4.61. The van der Waals surface area contributed by atoms with Gasteiger partial charge in [-0.25, -0.2) is 8.42 Å². The fraction of sp³-hybridized carbons (Fsp3) is 0.391. The predicted octanol–water partition coefficient (Wildman–Crippen LogP) is 3.85. The molecule has 1 saturated carbocycles. The maximum Gasteiger partial charge on any atom is 0.452 e. The molecular formula is C23H23F3N4O7S3. The summed E-state index contributed by atoms with van der Waals surface area (Å²) in [4.78, 5) is 12.3. The zero-order valence-corrected chi connectivity index (χ0v) is 23.0. The molecule has 0 bridgehead atoms. The number of halogens is 3. The summed E-state index contributed by atoms with van der Waals surface area (Å²) in [6.45, 7) is 0.790. The Morgan fingerprint density at radius 2 is 1.82 bits per heavy atom. The molecule has 0 amide bonds. The molecular weight excluding hydrogens is 597 g/mol. The van der Waals surface area contributed by atoms with Crippen LogP contribution in [-0.2, 0) is 31.2 Å². The molecule has 216 valence electrons. The van der Waals surface area contributed by atoms with Crippen molar-refractivity contribution in [2.24, 2.45) is 0 Å². The molecule has 3 heterocycles. The van der Waals surface area contributed by atoms with Gasteiger partial charge in [0, 0.05) is 25.1 Å². The average Bonchev–Trinajstić information content (AvgIpc) is 3.24. The number of hydrogen-bond donors (Lipinski definition) is 3. The molecule has 1 saturated heterocycles. The summed E-state index contributed by atoms with van der Waals surface area (Å²) in [6.07, 6.45) is -2.41. The third-order valence-corrected chi connectivity index (χ3v) is 11.4. The molecule has 1 aromatic carbocycles. The van der Waals surface area contributed by atoms with Crippen LogP contribution in [0.3, 0.4) is 0 Å². The maximum atomic E-state index is 13.1. The largest absolute Gasteiger partial charge is 0.480 e. The highest BCUT2D eigenvalue weighted by Gasteiger charge is 2.63. The van der Waals surface area contributed by atoms with E-state index in [0.29, 0.717) is 36.1 Å². The molecule has 3 aromatic rings. The predicted molar refractivity (Wildman–Crippen MR) is 137 cm³/mol. The molecule has 2 fully saturated rings. The van der Waals surface area contributed by atoms with Crippen molar-refractivity contribution in [1.82, 2.24) is 14.2 Å². The summed E-state index contributed by atoms with van der Waals surface area (Å²) in [5, 5.41) is 13.3. The number of nitrogens with zero attached hydrogens (tertiary/aromatic N) is 2. The highest BCUT2D eigenvalue weighted by molar-refractivity contribution is 7.91. The maximum absolute atomic E-state index is 13.1. The monoisotopic (exact) mass is 620 g/mol. The van der Waals surface area contributed by atoms with Crippen LogP contribution in [0.5, 0.6) is 0 Å². The van der Waals surface area contributed by atoms with Gasteiger partial charge >= 0.3 is 22.4 Å². The van der Waals surface area contributed by atoms with Crippen molar-refractivity contribution >= 4 is 43.2 Å². The lowest BCUT2D eigenvalue weighted by molar-refractivity contribution is -0.155. The second kappa shape index (κ2) is 10.1. The molecule has 40 heavy (non-hydrogen) atoms. The number of aliphatic carboxylic acids is 1. The number of carboxylic acids is 1. The number of rotatable bonds is 9. The number of benzene rings is 1. The van der Waals surface area contributed by atoms with E-state index in [1.165, 1.54) is 22.5 Å². The summed E-state index contributed by atoms with van der Waals surface area (Å²) in [5.74, 6) is -3.57. The molecule has 1 aliphatic heterocycles. The molecule has 5 rings (SSSR count). The van der Waals surface area contributed by atoms with Gasteiger partial charge in [-0.2, -0.15) is 30.6 Å². The Labute approximate surface area is 231 Å². The van der Waals surface area contributed by atoms with Crippen LogP contribution in [0, 0.1) is 0 Å². The summed E-state index contributed by atoms with van der Waals surface area (Å²) in [5.41, 5.74) is -1.49. The second-order valence-corrected chi connectivity index (χ2v) is 14.2. The highest BCUT2D eigenvalue weighted by Crippen LogP contribution is 2.53. The van der Waals surface area contributed by atoms with Gasteiger partial charge in [-0.3, -0.25) is 9.52 Å². The van der Waals surface area contributed by atoms with Gasteiger partial charge in [0.25, 0.3) is 10.0 Å². The molecule has 2 aromatic heterocycles. The molecule has 17 heteroatoms. The van der Waals surface area contributed by atoms with Gasteiger partial charge in [0.05, 0.1) is 10.6 Å². The van der Waals surface area contributed by atoms with Crippen molar-refractivity contribution in [2.45, 2.75) is 47.5 Å². The minimum Gasteiger partial charge on any atom is -0.480 e. The van der Waals surface area contributed by atoms with E-state index in [4.69, 9.17) is 0 Å². The number of carboxylic acid groups (broad SMARTS) is 1. The van der Waals surface area contributed by atoms with Crippen LogP contribution in [0.15, 0.2) is 51.2 Å². The Kier molecular flexibility index (Phi) is 7.23. The zero-order chi connectivity index (χ0) is 28.9. The minimum atomic E-state index is -4.77. The van der Waals surface area contributed by atoms with Gasteiger partial charge in [-0.1, -0.05) is 23.7 Å². The Bertz CT molecular complexity index is 1650. The number of thiophene rings is 1. The van der Waals surface area contributed by atoms with Crippen LogP contribution in [0.25, 0.3) is 10.6 Å². The number of piperidine rings is 1. The first-order valence-electron chi connectivity index (χ1n) is 12.0. The van der Waals surface area contributed by atoms with Crippen LogP contribution >= 0.6 is 11.3 Å². The Morgan fingerprint density at radius 1 is 1.10 bits per heavy atom. The van der Waals surface area contributed by atoms with E-state index in [-0.39, 0.29) is 26.9 Å². The molecule has 0 spiro atoms. The van der Waals surface area contributed by atoms with Gasteiger partial charge in [0.1, 0.15) is 15.4 Å². The first-order valence-corrected chi connectivity index (χ1v) is 15.7. The Morgan fingerprint density at radius 3 is 2.48 bits per heavy atom. The minimum absolute atomic E-state index is 0.0741. The van der Waals surface area contributed by atoms with E-state index in [1.807, 2.05) is 0 Å². The number of nitrogens with one attached hydrogen (secondary N) is 2. The first kappa shape index (κ1) is 28.5. The number of carbonyl (C=O) groups is 1. The van der Waals surface area contributed by atoms with Crippen LogP contribution in [0.1, 0.15) is 42.9 Å². The Hall–Kier alpha value is -2.99. The van der Waals surface area contributed by atoms with E-state index in [0.717, 1.165) is 25.3 Å². The number of sulfonamides is 1. The van der Waals surface area contributed by atoms with E-state index in [1.54, 1.807) is 12.1 Å². The summed E-state index contributed by atoms with van der Waals surface area (Å²) in [7, 11) is -8.23. The molecule has 2 aliphatic rings. The lowest BCUT2D eigenvalue weighted by Gasteiger charge is -2.26. The van der Waals surface area contributed by atoms with Crippen LogP contribution in [0.2, 0.25) is 0 Å². The quantitative estimate of drug-likeness (QED) is 0.325. The molecule has 2 atom stereocenters. The van der Waals surface area contributed by atoms with Crippen LogP contribution in [0.4, 0.5) is 18.9 Å². The van der Waals surface area contributed by atoms with Crippen molar-refractivity contribution < 1.29 is 44.4 Å².